The van der Waals surface area contributed by atoms with E-state index in [-0.39, 0.29) is 22.8 Å². The molecule has 1 amide bonds. The van der Waals surface area contributed by atoms with Crippen LogP contribution in [0.5, 0.6) is 0 Å². The van der Waals surface area contributed by atoms with Gasteiger partial charge in [0.05, 0.1) is 17.1 Å². The van der Waals surface area contributed by atoms with E-state index in [0.29, 0.717) is 5.56 Å². The van der Waals surface area contributed by atoms with Crippen molar-refractivity contribution in [3.63, 3.8) is 0 Å². The number of aliphatic hydroxyl groups is 1. The zero-order chi connectivity index (χ0) is 20.9. The number of sulfonamides is 1. The highest BCUT2D eigenvalue weighted by molar-refractivity contribution is 7.89. The molecule has 0 aliphatic heterocycles. The van der Waals surface area contributed by atoms with Crippen LogP contribution < -0.4 is 5.32 Å². The molecule has 0 aliphatic rings. The van der Waals surface area contributed by atoms with Crippen molar-refractivity contribution in [3.05, 3.63) is 59.7 Å². The summed E-state index contributed by atoms with van der Waals surface area (Å²) < 4.78 is 30.6. The number of carbonyl (C=O) groups excluding carboxylic acids is 2. The molecule has 0 unspecified atom stereocenters. The third-order valence-electron chi connectivity index (χ3n) is 3.91. The lowest BCUT2D eigenvalue weighted by Gasteiger charge is -2.15. The van der Waals surface area contributed by atoms with Crippen LogP contribution in [0.15, 0.2) is 53.4 Å². The number of anilines is 1. The molecule has 150 valence electrons. The van der Waals surface area contributed by atoms with Gasteiger partial charge in [-0.25, -0.2) is 17.5 Å². The van der Waals surface area contributed by atoms with Crippen LogP contribution in [0.3, 0.4) is 0 Å². The number of hydrogen-bond acceptors (Lipinski definition) is 6. The van der Waals surface area contributed by atoms with Crippen molar-refractivity contribution in [2.45, 2.75) is 24.5 Å². The number of amides is 1. The summed E-state index contributed by atoms with van der Waals surface area (Å²) >= 11 is 0. The van der Waals surface area contributed by atoms with Crippen LogP contribution in [-0.4, -0.2) is 49.9 Å². The molecule has 0 radical (unpaired) electrons. The van der Waals surface area contributed by atoms with E-state index in [4.69, 9.17) is 9.84 Å². The van der Waals surface area contributed by atoms with Crippen molar-refractivity contribution in [1.82, 2.24) is 4.31 Å². The number of hydrogen-bond donors (Lipinski definition) is 2. The van der Waals surface area contributed by atoms with E-state index < -0.39 is 28.0 Å². The van der Waals surface area contributed by atoms with Gasteiger partial charge in [-0.3, -0.25) is 4.79 Å². The molecule has 0 spiro atoms. The van der Waals surface area contributed by atoms with Gasteiger partial charge in [-0.2, -0.15) is 0 Å². The number of carbonyl (C=O) groups is 2. The quantitative estimate of drug-likeness (QED) is 0.676. The smallest absolute Gasteiger partial charge is 0.338 e. The van der Waals surface area contributed by atoms with Crippen molar-refractivity contribution < 1.29 is 27.9 Å². The Kier molecular flexibility index (Phi) is 6.90. The number of rotatable bonds is 7. The summed E-state index contributed by atoms with van der Waals surface area (Å²) in [6, 6.07) is 11.9. The second-order valence-electron chi connectivity index (χ2n) is 6.21. The Morgan fingerprint density at radius 3 is 2.36 bits per heavy atom. The van der Waals surface area contributed by atoms with Crippen LogP contribution >= 0.6 is 0 Å². The molecule has 0 fully saturated rings. The van der Waals surface area contributed by atoms with Gasteiger partial charge >= 0.3 is 5.97 Å². The Morgan fingerprint density at radius 1 is 1.14 bits per heavy atom. The second kappa shape index (κ2) is 8.96. The summed E-state index contributed by atoms with van der Waals surface area (Å²) in [6.45, 7) is 1.27. The predicted octanol–water partition coefficient (Wildman–Crippen LogP) is 1.61. The molecular formula is C19H22N2O6S. The lowest BCUT2D eigenvalue weighted by molar-refractivity contribution is -0.123. The highest BCUT2D eigenvalue weighted by atomic mass is 32.2. The minimum absolute atomic E-state index is 0.0314. The average Bonchev–Trinajstić information content (AvgIpc) is 2.68. The van der Waals surface area contributed by atoms with Crippen LogP contribution in [-0.2, 0) is 26.2 Å². The van der Waals surface area contributed by atoms with Crippen LogP contribution in [0.1, 0.15) is 22.8 Å². The first-order valence-electron chi connectivity index (χ1n) is 8.39. The summed E-state index contributed by atoms with van der Waals surface area (Å²) in [7, 11) is -0.814. The fourth-order valence-corrected chi connectivity index (χ4v) is 3.17. The van der Waals surface area contributed by atoms with Crippen molar-refractivity contribution in [2.75, 3.05) is 19.4 Å². The van der Waals surface area contributed by atoms with E-state index in [1.165, 1.54) is 57.4 Å². The molecule has 2 aromatic carbocycles. The fourth-order valence-electron chi connectivity index (χ4n) is 2.22. The van der Waals surface area contributed by atoms with Crippen LogP contribution in [0.2, 0.25) is 0 Å². The van der Waals surface area contributed by atoms with E-state index >= 15 is 0 Å². The first kappa shape index (κ1) is 21.5. The second-order valence-corrected chi connectivity index (χ2v) is 8.36. The molecule has 0 saturated carbocycles. The van der Waals surface area contributed by atoms with Gasteiger partial charge in [0.1, 0.15) is 0 Å². The SMILES string of the molecule is C[C@H](OC(=O)c1ccc(CO)cc1)C(=O)Nc1cccc(S(=O)(=O)N(C)C)c1. The van der Waals surface area contributed by atoms with E-state index in [1.54, 1.807) is 12.1 Å². The number of nitrogens with zero attached hydrogens (tertiary/aromatic N) is 1. The molecule has 2 aromatic rings. The Labute approximate surface area is 163 Å². The molecule has 0 bridgehead atoms. The molecule has 0 saturated heterocycles. The van der Waals surface area contributed by atoms with E-state index in [2.05, 4.69) is 5.32 Å². The first-order chi connectivity index (χ1) is 13.1. The first-order valence-corrected chi connectivity index (χ1v) is 9.83. The molecular weight excluding hydrogens is 384 g/mol. The number of esters is 1. The third-order valence-corrected chi connectivity index (χ3v) is 5.72. The monoisotopic (exact) mass is 406 g/mol. The lowest BCUT2D eigenvalue weighted by atomic mass is 10.1. The summed E-state index contributed by atoms with van der Waals surface area (Å²) in [5.41, 5.74) is 1.16. The molecule has 0 aromatic heterocycles. The Balaban J connectivity index is 2.05. The number of ether oxygens (including phenoxy) is 1. The third kappa shape index (κ3) is 5.16. The van der Waals surface area contributed by atoms with E-state index in [1.807, 2.05) is 0 Å². The fraction of sp³-hybridized carbons (Fsp3) is 0.263. The number of benzene rings is 2. The van der Waals surface area contributed by atoms with Crippen LogP contribution in [0.25, 0.3) is 0 Å². The highest BCUT2D eigenvalue weighted by Gasteiger charge is 2.21. The molecule has 0 heterocycles. The van der Waals surface area contributed by atoms with Gasteiger partial charge in [-0.15, -0.1) is 0 Å². The zero-order valence-corrected chi connectivity index (χ0v) is 16.6. The lowest BCUT2D eigenvalue weighted by Crippen LogP contribution is -2.30. The predicted molar refractivity (Wildman–Crippen MR) is 103 cm³/mol. The van der Waals surface area contributed by atoms with Gasteiger partial charge in [0.25, 0.3) is 5.91 Å². The van der Waals surface area contributed by atoms with Gasteiger partial charge in [-0.1, -0.05) is 18.2 Å². The van der Waals surface area contributed by atoms with Crippen molar-refractivity contribution >= 4 is 27.6 Å². The summed E-state index contributed by atoms with van der Waals surface area (Å²) in [4.78, 5) is 24.4. The van der Waals surface area contributed by atoms with Crippen LogP contribution in [0.4, 0.5) is 5.69 Å². The maximum atomic E-state index is 12.3. The molecule has 8 nitrogen and oxygen atoms in total. The molecule has 0 aliphatic carbocycles. The van der Waals surface area contributed by atoms with Crippen molar-refractivity contribution in [2.24, 2.45) is 0 Å². The van der Waals surface area contributed by atoms with Crippen molar-refractivity contribution in [3.8, 4) is 0 Å². The topological polar surface area (TPSA) is 113 Å². The maximum absolute atomic E-state index is 12.3. The van der Waals surface area contributed by atoms with E-state index in [9.17, 15) is 18.0 Å². The van der Waals surface area contributed by atoms with E-state index in [0.717, 1.165) is 4.31 Å². The largest absolute Gasteiger partial charge is 0.449 e. The minimum atomic E-state index is -3.64. The minimum Gasteiger partial charge on any atom is -0.449 e. The Morgan fingerprint density at radius 2 is 1.79 bits per heavy atom. The Bertz CT molecular complexity index is 955. The average molecular weight is 406 g/mol. The summed E-state index contributed by atoms with van der Waals surface area (Å²) in [5, 5.41) is 11.6. The highest BCUT2D eigenvalue weighted by Crippen LogP contribution is 2.18. The number of aliphatic hydroxyl groups excluding tert-OH is 1. The zero-order valence-electron chi connectivity index (χ0n) is 15.7. The number of nitrogens with one attached hydrogen (secondary N) is 1. The molecule has 2 rings (SSSR count). The van der Waals surface area contributed by atoms with Gasteiger partial charge in [0.2, 0.25) is 10.0 Å². The molecule has 1 atom stereocenters. The van der Waals surface area contributed by atoms with Crippen molar-refractivity contribution in [1.29, 1.82) is 0 Å². The molecule has 28 heavy (non-hydrogen) atoms. The molecule has 2 N–H and O–H groups in total. The van der Waals surface area contributed by atoms with Gasteiger partial charge in [0.15, 0.2) is 6.10 Å². The van der Waals surface area contributed by atoms with Crippen LogP contribution in [0, 0.1) is 0 Å². The van der Waals surface area contributed by atoms with Gasteiger partial charge in [-0.05, 0) is 42.8 Å². The summed E-state index contributed by atoms with van der Waals surface area (Å²) in [6.07, 6.45) is -1.10. The molecule has 9 heteroatoms. The standard InChI is InChI=1S/C19H22N2O6S/c1-13(27-19(24)15-9-7-14(12-22)8-10-15)18(23)20-16-5-4-6-17(11-16)28(25,26)21(2)3/h4-11,13,22H,12H2,1-3H3,(H,20,23)/t13-/m0/s1. The van der Waals surface area contributed by atoms with Gasteiger partial charge in [0, 0.05) is 19.8 Å². The maximum Gasteiger partial charge on any atom is 0.338 e. The normalized spacial score (nSPS) is 12.5. The summed E-state index contributed by atoms with van der Waals surface area (Å²) in [5.74, 6) is -1.28. The van der Waals surface area contributed by atoms with Gasteiger partial charge < -0.3 is 15.2 Å². The Hall–Kier alpha value is -2.75.